The number of carbonyl (C=O) groups excluding carboxylic acids is 1. The summed E-state index contributed by atoms with van der Waals surface area (Å²) in [5, 5.41) is 8.44. The summed E-state index contributed by atoms with van der Waals surface area (Å²) >= 11 is 1.62. The van der Waals surface area contributed by atoms with Crippen LogP contribution in [-0.2, 0) is 11.2 Å². The van der Waals surface area contributed by atoms with Crippen LogP contribution in [0.1, 0.15) is 38.6 Å². The van der Waals surface area contributed by atoms with Crippen LogP contribution in [0.3, 0.4) is 0 Å². The molecule has 26 heavy (non-hydrogen) atoms. The maximum atomic E-state index is 12.5. The number of aromatic nitrogens is 3. The topological polar surface area (TPSA) is 59.8 Å². The maximum Gasteiger partial charge on any atom is 0.228 e. The monoisotopic (exact) mass is 368 g/mol. The van der Waals surface area contributed by atoms with Crippen LogP contribution >= 0.6 is 11.3 Å². The number of benzene rings is 1. The van der Waals surface area contributed by atoms with E-state index in [1.807, 2.05) is 50.6 Å². The fraction of sp³-hybridized carbons (Fsp3) is 0.350. The van der Waals surface area contributed by atoms with Crippen molar-refractivity contribution in [2.75, 3.05) is 5.32 Å². The summed E-state index contributed by atoms with van der Waals surface area (Å²) in [7, 11) is 0. The van der Waals surface area contributed by atoms with E-state index >= 15 is 0 Å². The fourth-order valence-electron chi connectivity index (χ4n) is 2.85. The van der Waals surface area contributed by atoms with Gasteiger partial charge in [0.1, 0.15) is 0 Å². The van der Waals surface area contributed by atoms with E-state index in [1.165, 1.54) is 10.4 Å². The number of anilines is 1. The Labute approximate surface area is 158 Å². The zero-order valence-corrected chi connectivity index (χ0v) is 16.9. The van der Waals surface area contributed by atoms with Gasteiger partial charge in [-0.05, 0) is 64.8 Å². The Morgan fingerprint density at radius 1 is 1.08 bits per heavy atom. The van der Waals surface area contributed by atoms with Crippen molar-refractivity contribution in [2.24, 2.45) is 0 Å². The molecular formula is C20H24N4OS. The van der Waals surface area contributed by atoms with Crippen molar-refractivity contribution in [3.8, 4) is 5.13 Å². The molecule has 0 radical (unpaired) electrons. The molecule has 5 nitrogen and oxygen atoms in total. The van der Waals surface area contributed by atoms with E-state index in [0.717, 1.165) is 39.0 Å². The van der Waals surface area contributed by atoms with Gasteiger partial charge in [-0.2, -0.15) is 5.10 Å². The highest BCUT2D eigenvalue weighted by Crippen LogP contribution is 2.24. The molecular weight excluding hydrogens is 344 g/mol. The summed E-state index contributed by atoms with van der Waals surface area (Å²) < 4.78 is 1.85. The molecule has 0 fully saturated rings. The van der Waals surface area contributed by atoms with Crippen molar-refractivity contribution in [3.63, 3.8) is 0 Å². The standard InChI is InChI=1S/C20H24N4OS/c1-11-7-8-17(9-12(11)2)22-19(25)10-18-14(4)23-24(15(18)5)20-21-13(3)16(6)26-20/h7-9H,10H2,1-6H3,(H,22,25). The Morgan fingerprint density at radius 2 is 1.81 bits per heavy atom. The minimum Gasteiger partial charge on any atom is -0.326 e. The molecule has 0 aliphatic carbocycles. The molecule has 0 bridgehead atoms. The number of nitrogens with zero attached hydrogens (tertiary/aromatic N) is 3. The highest BCUT2D eigenvalue weighted by molar-refractivity contribution is 7.14. The van der Waals surface area contributed by atoms with Crippen LogP contribution < -0.4 is 5.32 Å². The lowest BCUT2D eigenvalue weighted by molar-refractivity contribution is -0.115. The van der Waals surface area contributed by atoms with Crippen LogP contribution in [0.15, 0.2) is 18.2 Å². The van der Waals surface area contributed by atoms with Gasteiger partial charge in [0.05, 0.1) is 17.8 Å². The average Bonchev–Trinajstić information content (AvgIpc) is 3.04. The number of hydrogen-bond acceptors (Lipinski definition) is 4. The first-order chi connectivity index (χ1) is 12.3. The van der Waals surface area contributed by atoms with Gasteiger partial charge in [-0.25, -0.2) is 9.67 Å². The van der Waals surface area contributed by atoms with E-state index < -0.39 is 0 Å². The number of aryl methyl sites for hydroxylation is 5. The minimum absolute atomic E-state index is 0.0366. The van der Waals surface area contributed by atoms with Crippen LogP contribution in [0.5, 0.6) is 0 Å². The summed E-state index contributed by atoms with van der Waals surface area (Å²) in [6, 6.07) is 5.95. The molecule has 0 aliphatic heterocycles. The summed E-state index contributed by atoms with van der Waals surface area (Å²) in [6.07, 6.45) is 0.300. The lowest BCUT2D eigenvalue weighted by Crippen LogP contribution is -2.15. The molecule has 2 aromatic heterocycles. The highest BCUT2D eigenvalue weighted by Gasteiger charge is 2.18. The average molecular weight is 369 g/mol. The Hall–Kier alpha value is -2.47. The van der Waals surface area contributed by atoms with E-state index in [9.17, 15) is 4.79 Å². The number of amides is 1. The smallest absolute Gasteiger partial charge is 0.228 e. The van der Waals surface area contributed by atoms with Crippen molar-refractivity contribution in [2.45, 2.75) is 48.0 Å². The number of thiazole rings is 1. The lowest BCUT2D eigenvalue weighted by Gasteiger charge is -2.08. The zero-order valence-electron chi connectivity index (χ0n) is 16.1. The number of hydrogen-bond donors (Lipinski definition) is 1. The van der Waals surface area contributed by atoms with Gasteiger partial charge >= 0.3 is 0 Å². The van der Waals surface area contributed by atoms with Gasteiger partial charge in [-0.15, -0.1) is 0 Å². The van der Waals surface area contributed by atoms with Gasteiger partial charge in [-0.3, -0.25) is 4.79 Å². The quantitative estimate of drug-likeness (QED) is 0.744. The molecule has 136 valence electrons. The molecule has 0 spiro atoms. The molecule has 6 heteroatoms. The third-order valence-electron chi connectivity index (χ3n) is 4.77. The largest absolute Gasteiger partial charge is 0.326 e. The van der Waals surface area contributed by atoms with E-state index in [2.05, 4.69) is 29.2 Å². The Morgan fingerprint density at radius 3 is 2.42 bits per heavy atom. The van der Waals surface area contributed by atoms with E-state index in [1.54, 1.807) is 11.3 Å². The summed E-state index contributed by atoms with van der Waals surface area (Å²) in [5.41, 5.74) is 7.01. The third kappa shape index (κ3) is 3.55. The van der Waals surface area contributed by atoms with Gasteiger partial charge < -0.3 is 5.32 Å². The Bertz CT molecular complexity index is 965. The van der Waals surface area contributed by atoms with E-state index in [0.29, 0.717) is 6.42 Å². The molecule has 3 aromatic rings. The van der Waals surface area contributed by atoms with Crippen molar-refractivity contribution in [1.29, 1.82) is 0 Å². The molecule has 0 aliphatic rings. The fourth-order valence-corrected chi connectivity index (χ4v) is 3.76. The van der Waals surface area contributed by atoms with Gasteiger partial charge in [0, 0.05) is 21.8 Å². The van der Waals surface area contributed by atoms with Crippen molar-refractivity contribution >= 4 is 22.9 Å². The van der Waals surface area contributed by atoms with Crippen molar-refractivity contribution < 1.29 is 4.79 Å². The highest BCUT2D eigenvalue weighted by atomic mass is 32.1. The summed E-state index contributed by atoms with van der Waals surface area (Å²) in [5.74, 6) is -0.0366. The first-order valence-corrected chi connectivity index (χ1v) is 9.44. The predicted octanol–water partition coefficient (Wildman–Crippen LogP) is 4.36. The summed E-state index contributed by atoms with van der Waals surface area (Å²) in [6.45, 7) is 12.1. The molecule has 1 aromatic carbocycles. The van der Waals surface area contributed by atoms with Crippen LogP contribution in [0.2, 0.25) is 0 Å². The number of nitrogens with one attached hydrogen (secondary N) is 1. The number of rotatable bonds is 4. The summed E-state index contributed by atoms with van der Waals surface area (Å²) in [4.78, 5) is 18.3. The molecule has 1 N–H and O–H groups in total. The second kappa shape index (κ2) is 7.03. The molecule has 0 atom stereocenters. The molecule has 3 rings (SSSR count). The Kier molecular flexibility index (Phi) is 4.96. The third-order valence-corrected chi connectivity index (χ3v) is 5.82. The van der Waals surface area contributed by atoms with Crippen LogP contribution in [-0.4, -0.2) is 20.7 Å². The van der Waals surface area contributed by atoms with Crippen LogP contribution in [0, 0.1) is 41.5 Å². The van der Waals surface area contributed by atoms with Gasteiger partial charge in [-0.1, -0.05) is 17.4 Å². The predicted molar refractivity (Wildman–Crippen MR) is 106 cm³/mol. The van der Waals surface area contributed by atoms with Crippen molar-refractivity contribution in [1.82, 2.24) is 14.8 Å². The molecule has 2 heterocycles. The van der Waals surface area contributed by atoms with Crippen molar-refractivity contribution in [3.05, 3.63) is 56.8 Å². The van der Waals surface area contributed by atoms with E-state index in [4.69, 9.17) is 0 Å². The molecule has 0 unspecified atom stereocenters. The lowest BCUT2D eigenvalue weighted by atomic mass is 10.1. The number of carbonyl (C=O) groups is 1. The SMILES string of the molecule is Cc1ccc(NC(=O)Cc2c(C)nn(-c3nc(C)c(C)s3)c2C)cc1C. The first kappa shape index (κ1) is 18.3. The van der Waals surface area contributed by atoms with Crippen LogP contribution in [0.25, 0.3) is 5.13 Å². The molecule has 0 saturated heterocycles. The molecule has 1 amide bonds. The maximum absolute atomic E-state index is 12.5. The van der Waals surface area contributed by atoms with Crippen LogP contribution in [0.4, 0.5) is 5.69 Å². The Balaban J connectivity index is 1.81. The van der Waals surface area contributed by atoms with Gasteiger partial charge in [0.25, 0.3) is 0 Å². The second-order valence-electron chi connectivity index (χ2n) is 6.72. The van der Waals surface area contributed by atoms with Gasteiger partial charge in [0.15, 0.2) is 0 Å². The van der Waals surface area contributed by atoms with E-state index in [-0.39, 0.29) is 5.91 Å². The molecule has 0 saturated carbocycles. The van der Waals surface area contributed by atoms with Gasteiger partial charge in [0.2, 0.25) is 11.0 Å². The zero-order chi connectivity index (χ0) is 19.0. The minimum atomic E-state index is -0.0366. The normalized spacial score (nSPS) is 11.0. The second-order valence-corrected chi connectivity index (χ2v) is 7.90. The first-order valence-electron chi connectivity index (χ1n) is 8.63.